The number of aliphatic hydroxyl groups excluding tert-OH is 1. The number of benzene rings is 1. The van der Waals surface area contributed by atoms with Crippen LogP contribution in [-0.4, -0.2) is 28.5 Å². The second-order valence-corrected chi connectivity index (χ2v) is 9.36. The number of fused-ring (bicyclic) bond motifs is 2. The van der Waals surface area contributed by atoms with Crippen molar-refractivity contribution in [3.05, 3.63) is 50.6 Å². The summed E-state index contributed by atoms with van der Waals surface area (Å²) in [6, 6.07) is 5.41. The summed E-state index contributed by atoms with van der Waals surface area (Å²) in [5.74, 6) is -2.96. The van der Waals surface area contributed by atoms with Crippen molar-refractivity contribution < 1.29 is 23.4 Å². The Morgan fingerprint density at radius 3 is 2.71 bits per heavy atom. The maximum Gasteiger partial charge on any atom is 0.278 e. The fourth-order valence-electron chi connectivity index (χ4n) is 4.34. The van der Waals surface area contributed by atoms with Gasteiger partial charge in [-0.2, -0.15) is 0 Å². The van der Waals surface area contributed by atoms with Crippen LogP contribution in [0, 0.1) is 0 Å². The van der Waals surface area contributed by atoms with Crippen LogP contribution in [0.4, 0.5) is 8.78 Å². The largest absolute Gasteiger partial charge is 0.494 e. The molecular formula is C23H21F2NO4S. The minimum absolute atomic E-state index is 0.145. The van der Waals surface area contributed by atoms with E-state index >= 15 is 0 Å². The lowest BCUT2D eigenvalue weighted by Gasteiger charge is -2.27. The first kappa shape index (κ1) is 20.3. The van der Waals surface area contributed by atoms with Crippen LogP contribution in [0.25, 0.3) is 21.3 Å². The number of aryl methyl sites for hydroxylation is 1. The standard InChI is InChI=1S/C23H21F2NO4S/c1-11(27)16-10-26(13-3-4-13)18-15(19(16)28)6-5-14(20(18)30-2)17-9-12-7-8-23(24,25)22(29)21(12)31-17/h5-6,9-10,13,22,29H,3-4,7-8H2,1-2H3. The lowest BCUT2D eigenvalue weighted by atomic mass is 9.93. The molecule has 5 nitrogen and oxygen atoms in total. The Balaban J connectivity index is 1.75. The molecule has 8 heteroatoms. The van der Waals surface area contributed by atoms with E-state index in [1.54, 1.807) is 18.3 Å². The van der Waals surface area contributed by atoms with E-state index in [-0.39, 0.29) is 40.5 Å². The second-order valence-electron chi connectivity index (χ2n) is 8.27. The minimum atomic E-state index is -3.14. The van der Waals surface area contributed by atoms with E-state index in [1.165, 1.54) is 14.0 Å². The van der Waals surface area contributed by atoms with Crippen LogP contribution >= 0.6 is 11.3 Å². The van der Waals surface area contributed by atoms with Crippen LogP contribution in [0.2, 0.25) is 0 Å². The third kappa shape index (κ3) is 3.11. The van der Waals surface area contributed by atoms with Crippen molar-refractivity contribution in [2.75, 3.05) is 7.11 Å². The highest BCUT2D eigenvalue weighted by Gasteiger charge is 2.44. The Morgan fingerprint density at radius 2 is 2.06 bits per heavy atom. The molecule has 31 heavy (non-hydrogen) atoms. The predicted octanol–water partition coefficient (Wildman–Crippen LogP) is 4.89. The monoisotopic (exact) mass is 445 g/mol. The van der Waals surface area contributed by atoms with E-state index in [9.17, 15) is 23.5 Å². The summed E-state index contributed by atoms with van der Waals surface area (Å²) in [7, 11) is 1.51. The molecular weight excluding hydrogens is 424 g/mol. The molecule has 1 aromatic carbocycles. The number of pyridine rings is 1. The highest BCUT2D eigenvalue weighted by molar-refractivity contribution is 7.15. The number of methoxy groups -OCH3 is 1. The molecule has 1 N–H and O–H groups in total. The number of aliphatic hydroxyl groups is 1. The van der Waals surface area contributed by atoms with Crippen molar-refractivity contribution >= 4 is 28.0 Å². The van der Waals surface area contributed by atoms with E-state index in [1.807, 2.05) is 10.6 Å². The molecule has 0 spiro atoms. The Labute approximate surface area is 180 Å². The van der Waals surface area contributed by atoms with Crippen molar-refractivity contribution in [3.63, 3.8) is 0 Å². The number of nitrogens with zero attached hydrogens (tertiary/aromatic N) is 1. The number of hydrogen-bond donors (Lipinski definition) is 1. The molecule has 2 aliphatic rings. The molecule has 2 aliphatic carbocycles. The average molecular weight is 445 g/mol. The summed E-state index contributed by atoms with van der Waals surface area (Å²) in [5, 5.41) is 10.5. The maximum absolute atomic E-state index is 14.0. The average Bonchev–Trinajstić information content (AvgIpc) is 3.48. The lowest BCUT2D eigenvalue weighted by molar-refractivity contribution is -0.119. The zero-order chi connectivity index (χ0) is 22.1. The topological polar surface area (TPSA) is 68.5 Å². The van der Waals surface area contributed by atoms with Gasteiger partial charge in [-0.15, -0.1) is 11.3 Å². The van der Waals surface area contributed by atoms with Crippen molar-refractivity contribution in [3.8, 4) is 16.2 Å². The number of ketones is 1. The third-order valence-corrected chi connectivity index (χ3v) is 7.42. The van der Waals surface area contributed by atoms with Gasteiger partial charge in [0, 0.05) is 34.0 Å². The highest BCUT2D eigenvalue weighted by Crippen LogP contribution is 2.49. The molecule has 2 heterocycles. The summed E-state index contributed by atoms with van der Waals surface area (Å²) < 4.78 is 35.7. The molecule has 0 radical (unpaired) electrons. The van der Waals surface area contributed by atoms with Gasteiger partial charge in [-0.25, -0.2) is 8.78 Å². The minimum Gasteiger partial charge on any atom is -0.494 e. The van der Waals surface area contributed by atoms with Crippen molar-refractivity contribution in [2.45, 2.75) is 50.7 Å². The fraction of sp³-hybridized carbons (Fsp3) is 0.391. The Hall–Kier alpha value is -2.58. The van der Waals surface area contributed by atoms with Crippen molar-refractivity contribution in [2.24, 2.45) is 0 Å². The molecule has 5 rings (SSSR count). The number of ether oxygens (including phenoxy) is 1. The quantitative estimate of drug-likeness (QED) is 0.581. The Morgan fingerprint density at radius 1 is 1.32 bits per heavy atom. The van der Waals surface area contributed by atoms with Gasteiger partial charge in [0.1, 0.15) is 0 Å². The van der Waals surface area contributed by atoms with Crippen LogP contribution in [0.5, 0.6) is 5.75 Å². The van der Waals surface area contributed by atoms with Crippen LogP contribution in [0.15, 0.2) is 29.2 Å². The zero-order valence-corrected chi connectivity index (χ0v) is 17.9. The lowest BCUT2D eigenvalue weighted by Crippen LogP contribution is -2.30. The summed E-state index contributed by atoms with van der Waals surface area (Å²) in [5.41, 5.74) is 1.80. The van der Waals surface area contributed by atoms with E-state index < -0.39 is 12.0 Å². The molecule has 0 aliphatic heterocycles. The van der Waals surface area contributed by atoms with Crippen LogP contribution in [0.3, 0.4) is 0 Å². The van der Waals surface area contributed by atoms with E-state index in [0.717, 1.165) is 24.2 Å². The first-order valence-corrected chi connectivity index (χ1v) is 11.0. The second kappa shape index (κ2) is 6.97. The van der Waals surface area contributed by atoms with E-state index in [0.29, 0.717) is 32.7 Å². The van der Waals surface area contributed by atoms with Gasteiger partial charge in [-0.1, -0.05) is 0 Å². The molecule has 0 amide bonds. The molecule has 1 atom stereocenters. The first-order valence-electron chi connectivity index (χ1n) is 10.2. The molecule has 1 unspecified atom stereocenters. The predicted molar refractivity (Wildman–Crippen MR) is 115 cm³/mol. The number of Topliss-reactive ketones (excluding diaryl/α,β-unsaturated/α-hetero) is 1. The molecule has 1 saturated carbocycles. The summed E-state index contributed by atoms with van der Waals surface area (Å²) in [6.45, 7) is 1.38. The number of hydrogen-bond acceptors (Lipinski definition) is 5. The maximum atomic E-state index is 14.0. The van der Waals surface area contributed by atoms with E-state index in [2.05, 4.69) is 0 Å². The SMILES string of the molecule is COc1c(-c2cc3c(s2)C(O)C(F)(F)CC3)ccc2c(=O)c(C(C)=O)cn(C3CC3)c12. The molecule has 2 aromatic heterocycles. The van der Waals surface area contributed by atoms with Gasteiger partial charge in [0.2, 0.25) is 0 Å². The van der Waals surface area contributed by atoms with Crippen LogP contribution in [-0.2, 0) is 6.42 Å². The number of rotatable bonds is 4. The van der Waals surface area contributed by atoms with E-state index in [4.69, 9.17) is 4.74 Å². The number of alkyl halides is 2. The van der Waals surface area contributed by atoms with Crippen molar-refractivity contribution in [1.29, 1.82) is 0 Å². The number of carbonyl (C=O) groups is 1. The summed E-state index contributed by atoms with van der Waals surface area (Å²) >= 11 is 1.13. The van der Waals surface area contributed by atoms with Gasteiger partial charge in [0.05, 0.1) is 23.6 Å². The van der Waals surface area contributed by atoms with Gasteiger partial charge in [-0.05, 0) is 49.9 Å². The number of thiophene rings is 1. The molecule has 1 fully saturated rings. The molecule has 162 valence electrons. The first-order chi connectivity index (χ1) is 14.7. The van der Waals surface area contributed by atoms with Crippen LogP contribution in [0.1, 0.15) is 59.1 Å². The number of halogens is 2. The number of carbonyl (C=O) groups excluding carboxylic acids is 1. The summed E-state index contributed by atoms with van der Waals surface area (Å²) in [6.07, 6.45) is 1.49. The van der Waals surface area contributed by atoms with Gasteiger partial charge in [-0.3, -0.25) is 9.59 Å². The normalized spacial score (nSPS) is 20.0. The third-order valence-electron chi connectivity index (χ3n) is 6.15. The highest BCUT2D eigenvalue weighted by atomic mass is 32.1. The zero-order valence-electron chi connectivity index (χ0n) is 17.1. The number of aromatic nitrogens is 1. The van der Waals surface area contributed by atoms with Crippen molar-refractivity contribution in [1.82, 2.24) is 4.57 Å². The van der Waals surface area contributed by atoms with Crippen LogP contribution < -0.4 is 10.2 Å². The smallest absolute Gasteiger partial charge is 0.278 e. The molecule has 0 saturated heterocycles. The van der Waals surface area contributed by atoms with Gasteiger partial charge in [0.15, 0.2) is 23.1 Å². The Bertz CT molecular complexity index is 1290. The fourth-order valence-corrected chi connectivity index (χ4v) is 5.63. The van der Waals surface area contributed by atoms with Gasteiger partial charge >= 0.3 is 0 Å². The molecule has 0 bridgehead atoms. The molecule has 3 aromatic rings. The Kier molecular flexibility index (Phi) is 4.57. The van der Waals surface area contributed by atoms with Gasteiger partial charge < -0.3 is 14.4 Å². The summed E-state index contributed by atoms with van der Waals surface area (Å²) in [4.78, 5) is 25.9. The van der Waals surface area contributed by atoms with Gasteiger partial charge in [0.25, 0.3) is 5.92 Å².